The number of nitrogens with one attached hydrogen (secondary N) is 1. The van der Waals surface area contributed by atoms with Gasteiger partial charge in [0.15, 0.2) is 0 Å². The number of piperidine rings is 1. The Balaban J connectivity index is 1.78. The van der Waals surface area contributed by atoms with Crippen molar-refractivity contribution in [1.29, 1.82) is 0 Å². The van der Waals surface area contributed by atoms with Crippen LogP contribution >= 0.6 is 0 Å². The second kappa shape index (κ2) is 7.97. The molecule has 1 aromatic rings. The molecule has 2 heterocycles. The van der Waals surface area contributed by atoms with Crippen molar-refractivity contribution in [2.24, 2.45) is 0 Å². The summed E-state index contributed by atoms with van der Waals surface area (Å²) in [6.45, 7) is 3.38. The van der Waals surface area contributed by atoms with E-state index in [1.54, 1.807) is 13.3 Å². The van der Waals surface area contributed by atoms with Gasteiger partial charge in [0.05, 0.1) is 6.61 Å². The van der Waals surface area contributed by atoms with Gasteiger partial charge in [0.25, 0.3) is 0 Å². The third-order valence-corrected chi connectivity index (χ3v) is 3.53. The highest BCUT2D eigenvalue weighted by atomic mass is 16.5. The van der Waals surface area contributed by atoms with Gasteiger partial charge in [-0.1, -0.05) is 6.07 Å². The average Bonchev–Trinajstić information content (AvgIpc) is 2.46. The van der Waals surface area contributed by atoms with Crippen molar-refractivity contribution in [3.8, 4) is 0 Å². The van der Waals surface area contributed by atoms with Crippen LogP contribution in [0.2, 0.25) is 0 Å². The van der Waals surface area contributed by atoms with Crippen LogP contribution in [0.25, 0.3) is 0 Å². The monoisotopic (exact) mass is 277 g/mol. The van der Waals surface area contributed by atoms with Gasteiger partial charge in [0, 0.05) is 45.1 Å². The van der Waals surface area contributed by atoms with Crippen LogP contribution in [0.1, 0.15) is 24.8 Å². The average molecular weight is 277 g/mol. The molecule has 1 saturated heterocycles. The summed E-state index contributed by atoms with van der Waals surface area (Å²) in [4.78, 5) is 18.2. The van der Waals surface area contributed by atoms with E-state index in [1.165, 1.54) is 5.56 Å². The number of hydrogen-bond acceptors (Lipinski definition) is 4. The van der Waals surface area contributed by atoms with Crippen LogP contribution in [-0.2, 0) is 16.1 Å². The van der Waals surface area contributed by atoms with Crippen molar-refractivity contribution >= 4 is 5.91 Å². The highest BCUT2D eigenvalue weighted by Gasteiger charge is 2.21. The number of carbonyl (C=O) groups excluding carboxylic acids is 1. The molecule has 0 aromatic carbocycles. The first-order chi connectivity index (χ1) is 9.78. The number of likely N-dealkylation sites (tertiary alicyclic amines) is 1. The fraction of sp³-hybridized carbons (Fsp3) is 0.600. The molecule has 5 heteroatoms. The molecule has 5 nitrogen and oxygen atoms in total. The van der Waals surface area contributed by atoms with Crippen LogP contribution in [0.4, 0.5) is 0 Å². The largest absolute Gasteiger partial charge is 0.384 e. The van der Waals surface area contributed by atoms with E-state index in [4.69, 9.17) is 4.74 Å². The quantitative estimate of drug-likeness (QED) is 0.849. The molecule has 1 aliphatic rings. The lowest BCUT2D eigenvalue weighted by molar-refractivity contribution is -0.123. The van der Waals surface area contributed by atoms with Gasteiger partial charge in [0.1, 0.15) is 0 Å². The van der Waals surface area contributed by atoms with Crippen LogP contribution in [0.3, 0.4) is 0 Å². The molecule has 1 N–H and O–H groups in total. The lowest BCUT2D eigenvalue weighted by Gasteiger charge is -2.33. The summed E-state index contributed by atoms with van der Waals surface area (Å²) in [7, 11) is 1.61. The Morgan fingerprint density at radius 3 is 3.25 bits per heavy atom. The lowest BCUT2D eigenvalue weighted by atomic mass is 10.0. The van der Waals surface area contributed by atoms with E-state index >= 15 is 0 Å². The smallest absolute Gasteiger partial charge is 0.222 e. The number of nitrogens with zero attached hydrogens (tertiary/aromatic N) is 2. The van der Waals surface area contributed by atoms with Gasteiger partial charge in [-0.3, -0.25) is 14.7 Å². The minimum Gasteiger partial charge on any atom is -0.384 e. The molecule has 0 unspecified atom stereocenters. The van der Waals surface area contributed by atoms with E-state index in [-0.39, 0.29) is 11.9 Å². The van der Waals surface area contributed by atoms with Crippen molar-refractivity contribution in [2.45, 2.75) is 31.8 Å². The molecule has 0 bridgehead atoms. The van der Waals surface area contributed by atoms with Crippen LogP contribution in [0, 0.1) is 0 Å². The number of methoxy groups -OCH3 is 1. The Kier molecular flexibility index (Phi) is 5.95. The maximum atomic E-state index is 11.7. The molecule has 1 fully saturated rings. The van der Waals surface area contributed by atoms with Crippen LogP contribution in [0.5, 0.6) is 0 Å². The number of hydrogen-bond donors (Lipinski definition) is 1. The maximum Gasteiger partial charge on any atom is 0.222 e. The summed E-state index contributed by atoms with van der Waals surface area (Å²) in [5.74, 6) is 0.0834. The first-order valence-corrected chi connectivity index (χ1v) is 7.17. The maximum absolute atomic E-state index is 11.7. The van der Waals surface area contributed by atoms with Gasteiger partial charge in [0.2, 0.25) is 5.91 Å². The van der Waals surface area contributed by atoms with E-state index in [2.05, 4.69) is 21.3 Å². The number of carbonyl (C=O) groups is 1. The summed E-state index contributed by atoms with van der Waals surface area (Å²) in [5, 5.41) is 3.09. The molecule has 1 amide bonds. The molecule has 0 aliphatic carbocycles. The Labute approximate surface area is 120 Å². The van der Waals surface area contributed by atoms with Crippen LogP contribution < -0.4 is 5.32 Å². The summed E-state index contributed by atoms with van der Waals surface area (Å²) in [6.07, 6.45) is 6.31. The van der Waals surface area contributed by atoms with Crippen molar-refractivity contribution < 1.29 is 9.53 Å². The van der Waals surface area contributed by atoms with Gasteiger partial charge in [-0.15, -0.1) is 0 Å². The second-order valence-corrected chi connectivity index (χ2v) is 5.25. The van der Waals surface area contributed by atoms with Gasteiger partial charge in [-0.05, 0) is 31.0 Å². The van der Waals surface area contributed by atoms with Crippen molar-refractivity contribution in [2.75, 3.05) is 26.8 Å². The molecule has 2 rings (SSSR count). The normalized spacial score (nSPS) is 19.8. The summed E-state index contributed by atoms with van der Waals surface area (Å²) in [6, 6.07) is 4.31. The first kappa shape index (κ1) is 14.9. The Morgan fingerprint density at radius 1 is 1.60 bits per heavy atom. The van der Waals surface area contributed by atoms with E-state index in [0.717, 1.165) is 32.5 Å². The van der Waals surface area contributed by atoms with Gasteiger partial charge < -0.3 is 10.1 Å². The molecule has 0 saturated carbocycles. The minimum atomic E-state index is 0.0834. The fourth-order valence-corrected chi connectivity index (χ4v) is 2.56. The molecule has 20 heavy (non-hydrogen) atoms. The minimum absolute atomic E-state index is 0.0834. The van der Waals surface area contributed by atoms with E-state index in [1.807, 2.05) is 12.3 Å². The molecule has 0 radical (unpaired) electrons. The zero-order chi connectivity index (χ0) is 14.2. The molecule has 1 atom stereocenters. The van der Waals surface area contributed by atoms with Crippen molar-refractivity contribution in [3.63, 3.8) is 0 Å². The fourth-order valence-electron chi connectivity index (χ4n) is 2.56. The summed E-state index contributed by atoms with van der Waals surface area (Å²) >= 11 is 0. The number of ether oxygens (including phenoxy) is 1. The number of amides is 1. The summed E-state index contributed by atoms with van der Waals surface area (Å²) < 4.78 is 4.92. The molecular formula is C15H23N3O2. The van der Waals surface area contributed by atoms with E-state index in [9.17, 15) is 4.79 Å². The standard InChI is InChI=1S/C15H23N3O2/c1-20-9-6-15(19)17-14-5-3-8-18(12-14)11-13-4-2-7-16-10-13/h2,4,7,10,14H,3,5-6,8-9,11-12H2,1H3,(H,17,19)/t14-/m1/s1. The Hall–Kier alpha value is -1.46. The molecule has 0 spiro atoms. The van der Waals surface area contributed by atoms with Gasteiger partial charge >= 0.3 is 0 Å². The first-order valence-electron chi connectivity index (χ1n) is 7.17. The number of pyridine rings is 1. The van der Waals surface area contributed by atoms with E-state index in [0.29, 0.717) is 13.0 Å². The zero-order valence-corrected chi connectivity index (χ0v) is 12.0. The predicted molar refractivity (Wildman–Crippen MR) is 77.2 cm³/mol. The van der Waals surface area contributed by atoms with Crippen LogP contribution in [0.15, 0.2) is 24.5 Å². The van der Waals surface area contributed by atoms with Crippen molar-refractivity contribution in [1.82, 2.24) is 15.2 Å². The zero-order valence-electron chi connectivity index (χ0n) is 12.0. The third-order valence-electron chi connectivity index (χ3n) is 3.53. The predicted octanol–water partition coefficient (Wildman–Crippen LogP) is 1.20. The van der Waals surface area contributed by atoms with Gasteiger partial charge in [-0.25, -0.2) is 0 Å². The molecule has 1 aliphatic heterocycles. The SMILES string of the molecule is COCCC(=O)N[C@@H]1CCCN(Cc2cccnc2)C1. The molecule has 110 valence electrons. The number of rotatable bonds is 6. The van der Waals surface area contributed by atoms with Crippen molar-refractivity contribution in [3.05, 3.63) is 30.1 Å². The van der Waals surface area contributed by atoms with E-state index < -0.39 is 0 Å². The van der Waals surface area contributed by atoms with Crippen LogP contribution in [-0.4, -0.2) is 48.6 Å². The Bertz CT molecular complexity index is 411. The Morgan fingerprint density at radius 2 is 2.50 bits per heavy atom. The number of aromatic nitrogens is 1. The summed E-state index contributed by atoms with van der Waals surface area (Å²) in [5.41, 5.74) is 1.22. The topological polar surface area (TPSA) is 54.5 Å². The third kappa shape index (κ3) is 4.90. The van der Waals surface area contributed by atoms with Gasteiger partial charge in [-0.2, -0.15) is 0 Å². The molecule has 1 aromatic heterocycles. The molecular weight excluding hydrogens is 254 g/mol. The highest BCUT2D eigenvalue weighted by molar-refractivity contribution is 5.76. The lowest BCUT2D eigenvalue weighted by Crippen LogP contribution is -2.47. The second-order valence-electron chi connectivity index (χ2n) is 5.25. The highest BCUT2D eigenvalue weighted by Crippen LogP contribution is 2.13.